The standard InChI is InChI=1S/C23H34N4O2/c28-23(18-3-4-18)25-19-5-1-17(2-6-19)8-11-26-12-14-27(15-13-26)22-20-9-16-29-21(20)7-10-24-22/h7,10,17-19H,1-6,8-9,11-16H2,(H,25,28). The van der Waals surface area contributed by atoms with Gasteiger partial charge in [0.05, 0.1) is 6.61 Å². The first kappa shape index (κ1) is 19.2. The Hall–Kier alpha value is -1.82. The number of piperazine rings is 1. The van der Waals surface area contributed by atoms with Crippen LogP contribution in [0.4, 0.5) is 5.82 Å². The number of rotatable bonds is 6. The largest absolute Gasteiger partial charge is 0.493 e. The smallest absolute Gasteiger partial charge is 0.223 e. The number of carbonyl (C=O) groups is 1. The minimum atomic E-state index is 0.316. The van der Waals surface area contributed by atoms with E-state index < -0.39 is 0 Å². The predicted octanol–water partition coefficient (Wildman–Crippen LogP) is 2.61. The van der Waals surface area contributed by atoms with Crippen LogP contribution in [0.3, 0.4) is 0 Å². The van der Waals surface area contributed by atoms with Gasteiger partial charge in [0.25, 0.3) is 0 Å². The number of pyridine rings is 1. The Morgan fingerprint density at radius 2 is 1.90 bits per heavy atom. The molecule has 0 bridgehead atoms. The third-order valence-corrected chi connectivity index (χ3v) is 7.27. The van der Waals surface area contributed by atoms with Gasteiger partial charge in [-0.15, -0.1) is 0 Å². The molecule has 6 nitrogen and oxygen atoms in total. The fourth-order valence-corrected chi connectivity index (χ4v) is 5.18. The van der Waals surface area contributed by atoms with Gasteiger partial charge in [-0.2, -0.15) is 0 Å². The lowest BCUT2D eigenvalue weighted by molar-refractivity contribution is -0.123. The van der Waals surface area contributed by atoms with Crippen LogP contribution in [-0.2, 0) is 11.2 Å². The van der Waals surface area contributed by atoms with Crippen LogP contribution in [0.15, 0.2) is 12.3 Å². The van der Waals surface area contributed by atoms with Crippen LogP contribution in [-0.4, -0.2) is 61.2 Å². The number of nitrogens with one attached hydrogen (secondary N) is 1. The van der Waals surface area contributed by atoms with Gasteiger partial charge in [-0.05, 0) is 63.5 Å². The molecular weight excluding hydrogens is 364 g/mol. The lowest BCUT2D eigenvalue weighted by Gasteiger charge is -2.37. The zero-order chi connectivity index (χ0) is 19.6. The van der Waals surface area contributed by atoms with Crippen molar-refractivity contribution in [3.8, 4) is 5.75 Å². The molecule has 0 spiro atoms. The Bertz CT molecular complexity index is 720. The molecule has 2 saturated carbocycles. The van der Waals surface area contributed by atoms with E-state index >= 15 is 0 Å². The molecule has 158 valence electrons. The molecule has 0 aromatic carbocycles. The quantitative estimate of drug-likeness (QED) is 0.798. The van der Waals surface area contributed by atoms with Gasteiger partial charge in [-0.25, -0.2) is 4.98 Å². The molecular formula is C23H34N4O2. The van der Waals surface area contributed by atoms with Crippen molar-refractivity contribution in [1.82, 2.24) is 15.2 Å². The van der Waals surface area contributed by atoms with E-state index in [1.807, 2.05) is 12.3 Å². The number of carbonyl (C=O) groups excluding carboxylic acids is 1. The van der Waals surface area contributed by atoms with E-state index in [0.29, 0.717) is 17.9 Å². The van der Waals surface area contributed by atoms with Crippen LogP contribution in [0.1, 0.15) is 50.5 Å². The van der Waals surface area contributed by atoms with Crippen molar-refractivity contribution < 1.29 is 9.53 Å². The highest BCUT2D eigenvalue weighted by Gasteiger charge is 2.32. The second-order valence-corrected chi connectivity index (χ2v) is 9.33. The van der Waals surface area contributed by atoms with Crippen LogP contribution in [0.25, 0.3) is 0 Å². The molecule has 1 aromatic heterocycles. The van der Waals surface area contributed by atoms with Gasteiger partial charge in [0.2, 0.25) is 5.91 Å². The molecule has 5 rings (SSSR count). The lowest BCUT2D eigenvalue weighted by atomic mass is 9.84. The van der Waals surface area contributed by atoms with Crippen LogP contribution in [0, 0.1) is 11.8 Å². The second kappa shape index (κ2) is 8.50. The molecule has 0 unspecified atom stereocenters. The maximum atomic E-state index is 11.9. The highest BCUT2D eigenvalue weighted by atomic mass is 16.5. The third-order valence-electron chi connectivity index (χ3n) is 7.27. The van der Waals surface area contributed by atoms with Crippen molar-refractivity contribution in [1.29, 1.82) is 0 Å². The molecule has 4 aliphatic rings. The van der Waals surface area contributed by atoms with E-state index in [4.69, 9.17) is 4.74 Å². The van der Waals surface area contributed by atoms with Crippen molar-refractivity contribution >= 4 is 11.7 Å². The molecule has 1 amide bonds. The molecule has 29 heavy (non-hydrogen) atoms. The molecule has 6 heteroatoms. The van der Waals surface area contributed by atoms with Gasteiger partial charge < -0.3 is 15.0 Å². The Morgan fingerprint density at radius 3 is 2.66 bits per heavy atom. The molecule has 3 heterocycles. The van der Waals surface area contributed by atoms with Crippen molar-refractivity contribution in [2.75, 3.05) is 44.2 Å². The normalized spacial score (nSPS) is 27.4. The molecule has 1 aromatic rings. The summed E-state index contributed by atoms with van der Waals surface area (Å²) in [4.78, 5) is 21.7. The molecule has 3 fully saturated rings. The summed E-state index contributed by atoms with van der Waals surface area (Å²) in [6.07, 6.45) is 11.3. The minimum absolute atomic E-state index is 0.316. The van der Waals surface area contributed by atoms with Gasteiger partial charge >= 0.3 is 0 Å². The minimum Gasteiger partial charge on any atom is -0.493 e. The van der Waals surface area contributed by atoms with Crippen molar-refractivity contribution in [3.63, 3.8) is 0 Å². The Morgan fingerprint density at radius 1 is 1.10 bits per heavy atom. The maximum Gasteiger partial charge on any atom is 0.223 e. The molecule has 1 saturated heterocycles. The third kappa shape index (κ3) is 4.52. The lowest BCUT2D eigenvalue weighted by Crippen LogP contribution is -2.47. The summed E-state index contributed by atoms with van der Waals surface area (Å²) < 4.78 is 5.70. The van der Waals surface area contributed by atoms with Gasteiger partial charge in [0, 0.05) is 56.3 Å². The molecule has 2 aliphatic carbocycles. The van der Waals surface area contributed by atoms with E-state index in [1.54, 1.807) is 0 Å². The first-order chi connectivity index (χ1) is 14.3. The summed E-state index contributed by atoms with van der Waals surface area (Å²) in [6.45, 7) is 6.37. The first-order valence-electron chi connectivity index (χ1n) is 11.6. The van der Waals surface area contributed by atoms with Crippen molar-refractivity contribution in [2.24, 2.45) is 11.8 Å². The Kier molecular flexibility index (Phi) is 5.62. The topological polar surface area (TPSA) is 57.7 Å². The van der Waals surface area contributed by atoms with Crippen LogP contribution >= 0.6 is 0 Å². The molecule has 2 aliphatic heterocycles. The maximum absolute atomic E-state index is 11.9. The summed E-state index contributed by atoms with van der Waals surface area (Å²) in [6, 6.07) is 2.43. The van der Waals surface area contributed by atoms with Gasteiger partial charge in [-0.1, -0.05) is 0 Å². The molecule has 0 atom stereocenters. The number of anilines is 1. The van der Waals surface area contributed by atoms with E-state index in [0.717, 1.165) is 69.5 Å². The fourth-order valence-electron chi connectivity index (χ4n) is 5.18. The highest BCUT2D eigenvalue weighted by Crippen LogP contribution is 2.33. The van der Waals surface area contributed by atoms with Crippen LogP contribution in [0.2, 0.25) is 0 Å². The number of aromatic nitrogens is 1. The van der Waals surface area contributed by atoms with Gasteiger partial charge in [0.1, 0.15) is 11.6 Å². The average Bonchev–Trinajstić information content (AvgIpc) is 3.50. The number of nitrogens with zero attached hydrogens (tertiary/aromatic N) is 3. The van der Waals surface area contributed by atoms with Crippen LogP contribution < -0.4 is 15.0 Å². The number of hydrogen-bond donors (Lipinski definition) is 1. The summed E-state index contributed by atoms with van der Waals surface area (Å²) >= 11 is 0. The van der Waals surface area contributed by atoms with E-state index in [-0.39, 0.29) is 0 Å². The zero-order valence-corrected chi connectivity index (χ0v) is 17.4. The number of amides is 1. The summed E-state index contributed by atoms with van der Waals surface area (Å²) in [5.74, 6) is 3.66. The highest BCUT2D eigenvalue weighted by molar-refractivity contribution is 5.81. The molecule has 0 radical (unpaired) electrons. The van der Waals surface area contributed by atoms with E-state index in [1.165, 1.54) is 44.2 Å². The van der Waals surface area contributed by atoms with Crippen molar-refractivity contribution in [2.45, 2.75) is 57.4 Å². The van der Waals surface area contributed by atoms with Crippen LogP contribution in [0.5, 0.6) is 5.75 Å². The summed E-state index contributed by atoms with van der Waals surface area (Å²) in [5, 5.41) is 3.28. The van der Waals surface area contributed by atoms with E-state index in [2.05, 4.69) is 20.1 Å². The van der Waals surface area contributed by atoms with E-state index in [9.17, 15) is 4.79 Å². The van der Waals surface area contributed by atoms with Crippen molar-refractivity contribution in [3.05, 3.63) is 17.8 Å². The second-order valence-electron chi connectivity index (χ2n) is 9.33. The van der Waals surface area contributed by atoms with Gasteiger partial charge in [0.15, 0.2) is 0 Å². The Labute approximate surface area is 174 Å². The van der Waals surface area contributed by atoms with Gasteiger partial charge in [-0.3, -0.25) is 9.69 Å². The summed E-state index contributed by atoms with van der Waals surface area (Å²) in [5.41, 5.74) is 1.30. The number of fused-ring (bicyclic) bond motifs is 1. The number of hydrogen-bond acceptors (Lipinski definition) is 5. The summed E-state index contributed by atoms with van der Waals surface area (Å²) in [7, 11) is 0. The average molecular weight is 399 g/mol. The zero-order valence-electron chi connectivity index (χ0n) is 17.4. The monoisotopic (exact) mass is 398 g/mol. The predicted molar refractivity (Wildman–Crippen MR) is 113 cm³/mol. The SMILES string of the molecule is O=C(NC1CCC(CCN2CCN(c3nccc4c3CCO4)CC2)CC1)C1CC1. The molecule has 1 N–H and O–H groups in total. The first-order valence-corrected chi connectivity index (χ1v) is 11.6. The fraction of sp³-hybridized carbons (Fsp3) is 0.739. The Balaban J connectivity index is 1.03. The number of ether oxygens (including phenoxy) is 1.